The van der Waals surface area contributed by atoms with Gasteiger partial charge in [-0.1, -0.05) is 0 Å². The second-order valence-corrected chi connectivity index (χ2v) is 4.43. The third-order valence-electron chi connectivity index (χ3n) is 3.00. The summed E-state index contributed by atoms with van der Waals surface area (Å²) in [5.41, 5.74) is 8.16. The van der Waals surface area contributed by atoms with Crippen molar-refractivity contribution in [1.82, 2.24) is 14.8 Å². The van der Waals surface area contributed by atoms with Crippen LogP contribution in [0.5, 0.6) is 0 Å². The van der Waals surface area contributed by atoms with Crippen LogP contribution in [0.2, 0.25) is 0 Å². The lowest BCUT2D eigenvalue weighted by Crippen LogP contribution is -2.13. The fourth-order valence-corrected chi connectivity index (χ4v) is 2.03. The maximum absolute atomic E-state index is 12.1. The van der Waals surface area contributed by atoms with E-state index in [-0.39, 0.29) is 5.91 Å². The Morgan fingerprint density at radius 3 is 2.90 bits per heavy atom. The second-order valence-electron chi connectivity index (χ2n) is 4.43. The van der Waals surface area contributed by atoms with Gasteiger partial charge in [0.05, 0.1) is 16.9 Å². The highest BCUT2D eigenvalue weighted by Gasteiger charge is 2.12. The van der Waals surface area contributed by atoms with E-state index < -0.39 is 0 Å². The van der Waals surface area contributed by atoms with Crippen molar-refractivity contribution in [2.45, 2.75) is 0 Å². The van der Waals surface area contributed by atoms with Crippen LogP contribution in [0.4, 0.5) is 11.4 Å². The van der Waals surface area contributed by atoms with E-state index >= 15 is 0 Å². The number of benzene rings is 1. The molecule has 1 amide bonds. The van der Waals surface area contributed by atoms with Crippen molar-refractivity contribution in [2.24, 2.45) is 7.05 Å². The number of hydrogen-bond acceptors (Lipinski definition) is 4. The zero-order valence-electron chi connectivity index (χ0n) is 10.9. The maximum atomic E-state index is 12.1. The molecule has 0 fully saturated rings. The van der Waals surface area contributed by atoms with Gasteiger partial charge >= 0.3 is 0 Å². The largest absolute Gasteiger partial charge is 0.397 e. The van der Waals surface area contributed by atoms with Gasteiger partial charge < -0.3 is 11.1 Å². The highest BCUT2D eigenvalue weighted by Crippen LogP contribution is 2.26. The topological polar surface area (TPSA) is 85.8 Å². The van der Waals surface area contributed by atoms with Gasteiger partial charge in [-0.05, 0) is 30.3 Å². The molecule has 3 rings (SSSR count). The van der Waals surface area contributed by atoms with Crippen LogP contribution in [0.15, 0.2) is 42.7 Å². The van der Waals surface area contributed by atoms with Crippen molar-refractivity contribution in [3.63, 3.8) is 0 Å². The number of carbonyl (C=O) groups excluding carboxylic acids is 1. The zero-order valence-corrected chi connectivity index (χ0v) is 10.9. The van der Waals surface area contributed by atoms with Crippen LogP contribution in [0.25, 0.3) is 10.9 Å². The highest BCUT2D eigenvalue weighted by molar-refractivity contribution is 6.09. The molecule has 1 aromatic carbocycles. The molecule has 0 saturated heterocycles. The van der Waals surface area contributed by atoms with E-state index in [1.54, 1.807) is 48.4 Å². The van der Waals surface area contributed by atoms with Gasteiger partial charge in [0.15, 0.2) is 5.69 Å². The molecule has 0 unspecified atom stereocenters. The number of pyridine rings is 1. The fourth-order valence-electron chi connectivity index (χ4n) is 2.03. The molecule has 2 aromatic heterocycles. The number of nitrogens with zero attached hydrogens (tertiary/aromatic N) is 3. The lowest BCUT2D eigenvalue weighted by molar-refractivity contribution is 0.102. The Morgan fingerprint density at radius 2 is 2.15 bits per heavy atom. The van der Waals surface area contributed by atoms with Gasteiger partial charge in [0.2, 0.25) is 0 Å². The number of hydrogen-bond donors (Lipinski definition) is 2. The van der Waals surface area contributed by atoms with Gasteiger partial charge in [0.1, 0.15) is 0 Å². The maximum Gasteiger partial charge on any atom is 0.276 e. The summed E-state index contributed by atoms with van der Waals surface area (Å²) >= 11 is 0. The van der Waals surface area contributed by atoms with Gasteiger partial charge in [-0.15, -0.1) is 0 Å². The van der Waals surface area contributed by atoms with Gasteiger partial charge in [-0.2, -0.15) is 5.10 Å². The number of fused-ring (bicyclic) bond motifs is 1. The SMILES string of the molecule is Cn1ccc(C(=O)Nc2ccc(N)c3ncccc23)n1. The van der Waals surface area contributed by atoms with Crippen molar-refractivity contribution in [2.75, 3.05) is 11.1 Å². The zero-order chi connectivity index (χ0) is 14.1. The summed E-state index contributed by atoms with van der Waals surface area (Å²) in [6.45, 7) is 0. The third-order valence-corrected chi connectivity index (χ3v) is 3.00. The number of aromatic nitrogens is 3. The Hall–Kier alpha value is -2.89. The predicted octanol–water partition coefficient (Wildman–Crippen LogP) is 1.80. The third kappa shape index (κ3) is 2.07. The van der Waals surface area contributed by atoms with E-state index in [9.17, 15) is 4.79 Å². The van der Waals surface area contributed by atoms with Crippen LogP contribution in [-0.4, -0.2) is 20.7 Å². The van der Waals surface area contributed by atoms with Crippen LogP contribution in [0.1, 0.15) is 10.5 Å². The fraction of sp³-hybridized carbons (Fsp3) is 0.0714. The summed E-state index contributed by atoms with van der Waals surface area (Å²) in [6, 6.07) is 8.82. The molecule has 3 aromatic rings. The molecule has 20 heavy (non-hydrogen) atoms. The molecule has 0 bridgehead atoms. The standard InChI is InChI=1S/C14H13N5O/c1-19-8-6-12(18-19)14(20)17-11-5-4-10(15)13-9(11)3-2-7-16-13/h2-8H,15H2,1H3,(H,17,20). The van der Waals surface area contributed by atoms with Crippen LogP contribution >= 0.6 is 0 Å². The first kappa shape index (κ1) is 12.2. The number of aryl methyl sites for hydroxylation is 1. The minimum absolute atomic E-state index is 0.263. The normalized spacial score (nSPS) is 10.7. The lowest BCUT2D eigenvalue weighted by atomic mass is 10.1. The molecule has 0 aliphatic carbocycles. The Labute approximate surface area is 115 Å². The van der Waals surface area contributed by atoms with Crippen LogP contribution in [0, 0.1) is 0 Å². The number of nitrogens with one attached hydrogen (secondary N) is 1. The van der Waals surface area contributed by atoms with E-state index in [1.165, 1.54) is 0 Å². The molecule has 0 radical (unpaired) electrons. The van der Waals surface area contributed by atoms with Gasteiger partial charge in [0.25, 0.3) is 5.91 Å². The molecule has 3 N–H and O–H groups in total. The molecule has 0 spiro atoms. The van der Waals surface area contributed by atoms with Crippen molar-refractivity contribution in [3.8, 4) is 0 Å². The molecule has 0 aliphatic heterocycles. The Morgan fingerprint density at radius 1 is 1.30 bits per heavy atom. The Balaban J connectivity index is 1.99. The first-order valence-electron chi connectivity index (χ1n) is 6.09. The Bertz CT molecular complexity index is 793. The average molecular weight is 267 g/mol. The number of carbonyl (C=O) groups is 1. The van der Waals surface area contributed by atoms with Crippen molar-refractivity contribution >= 4 is 28.2 Å². The predicted molar refractivity (Wildman–Crippen MR) is 77.3 cm³/mol. The summed E-state index contributed by atoms with van der Waals surface area (Å²) in [5.74, 6) is -0.263. The molecule has 0 atom stereocenters. The summed E-state index contributed by atoms with van der Waals surface area (Å²) in [5, 5.41) is 7.70. The summed E-state index contributed by atoms with van der Waals surface area (Å²) < 4.78 is 1.58. The number of amides is 1. The first-order chi connectivity index (χ1) is 9.65. The van der Waals surface area contributed by atoms with E-state index in [0.29, 0.717) is 22.6 Å². The van der Waals surface area contributed by atoms with E-state index in [2.05, 4.69) is 15.4 Å². The monoisotopic (exact) mass is 267 g/mol. The smallest absolute Gasteiger partial charge is 0.276 e. The van der Waals surface area contributed by atoms with Gasteiger partial charge in [-0.25, -0.2) is 0 Å². The first-order valence-corrected chi connectivity index (χ1v) is 6.09. The Kier molecular flexibility index (Phi) is 2.83. The second kappa shape index (κ2) is 4.65. The molecule has 0 aliphatic rings. The molecule has 6 nitrogen and oxygen atoms in total. The summed E-state index contributed by atoms with van der Waals surface area (Å²) in [6.07, 6.45) is 3.39. The van der Waals surface area contributed by atoms with E-state index in [0.717, 1.165) is 5.39 Å². The highest BCUT2D eigenvalue weighted by atomic mass is 16.1. The molecule has 2 heterocycles. The molecular weight excluding hydrogens is 254 g/mol. The van der Waals surface area contributed by atoms with Gasteiger partial charge in [0, 0.05) is 24.8 Å². The van der Waals surface area contributed by atoms with Crippen LogP contribution in [0.3, 0.4) is 0 Å². The number of nitrogen functional groups attached to an aromatic ring is 1. The molecule has 100 valence electrons. The summed E-state index contributed by atoms with van der Waals surface area (Å²) in [7, 11) is 1.76. The van der Waals surface area contributed by atoms with Crippen LogP contribution in [-0.2, 0) is 7.05 Å². The van der Waals surface area contributed by atoms with Gasteiger partial charge in [-0.3, -0.25) is 14.5 Å². The number of rotatable bonds is 2. The van der Waals surface area contributed by atoms with E-state index in [4.69, 9.17) is 5.73 Å². The summed E-state index contributed by atoms with van der Waals surface area (Å²) in [4.78, 5) is 16.3. The van der Waals surface area contributed by atoms with Crippen molar-refractivity contribution < 1.29 is 4.79 Å². The van der Waals surface area contributed by atoms with Crippen molar-refractivity contribution in [3.05, 3.63) is 48.4 Å². The number of anilines is 2. The van der Waals surface area contributed by atoms with E-state index in [1.807, 2.05) is 6.07 Å². The number of nitrogens with two attached hydrogens (primary N) is 1. The van der Waals surface area contributed by atoms with Crippen molar-refractivity contribution in [1.29, 1.82) is 0 Å². The van der Waals surface area contributed by atoms with Crippen LogP contribution < -0.4 is 11.1 Å². The molecule has 6 heteroatoms. The average Bonchev–Trinajstić information content (AvgIpc) is 2.89. The molecule has 0 saturated carbocycles. The minimum Gasteiger partial charge on any atom is -0.397 e. The minimum atomic E-state index is -0.263. The lowest BCUT2D eigenvalue weighted by Gasteiger charge is -2.08. The molecular formula is C14H13N5O. The quantitative estimate of drug-likeness (QED) is 0.693.